The minimum absolute atomic E-state index is 0.0603. The molecule has 0 saturated carbocycles. The van der Waals surface area contributed by atoms with Crippen molar-refractivity contribution in [2.75, 3.05) is 38.3 Å². The fourth-order valence-corrected chi connectivity index (χ4v) is 3.18. The van der Waals surface area contributed by atoms with Crippen LogP contribution in [0.15, 0.2) is 40.8 Å². The van der Waals surface area contributed by atoms with Crippen molar-refractivity contribution in [2.45, 2.75) is 6.42 Å². The average molecular weight is 413 g/mol. The van der Waals surface area contributed by atoms with E-state index in [4.69, 9.17) is 18.6 Å². The Bertz CT molecular complexity index is 1070. The Balaban J connectivity index is 1.56. The number of nitro benzene ring substituents is 1. The molecule has 0 N–H and O–H groups in total. The third kappa shape index (κ3) is 4.03. The van der Waals surface area contributed by atoms with Crippen molar-refractivity contribution in [3.63, 3.8) is 0 Å². The summed E-state index contributed by atoms with van der Waals surface area (Å²) >= 11 is 0. The zero-order valence-corrected chi connectivity index (χ0v) is 16.2. The lowest BCUT2D eigenvalue weighted by Gasteiger charge is -2.24. The number of hydrogen-bond donors (Lipinski definition) is 0. The molecule has 10 nitrogen and oxygen atoms in total. The van der Waals surface area contributed by atoms with E-state index in [0.717, 1.165) is 0 Å². The fourth-order valence-electron chi connectivity index (χ4n) is 3.18. The van der Waals surface area contributed by atoms with Crippen molar-refractivity contribution < 1.29 is 28.3 Å². The van der Waals surface area contributed by atoms with Crippen LogP contribution in [0, 0.1) is 10.1 Å². The van der Waals surface area contributed by atoms with Crippen LogP contribution in [0.25, 0.3) is 11.1 Å². The monoisotopic (exact) mass is 413 g/mol. The molecule has 1 fully saturated rings. The van der Waals surface area contributed by atoms with Gasteiger partial charge in [-0.05, 0) is 18.2 Å². The summed E-state index contributed by atoms with van der Waals surface area (Å²) in [7, 11) is 1.54. The first-order valence-corrected chi connectivity index (χ1v) is 9.29. The van der Waals surface area contributed by atoms with Gasteiger partial charge in [-0.1, -0.05) is 6.07 Å². The summed E-state index contributed by atoms with van der Waals surface area (Å²) in [5, 5.41) is 10.7. The van der Waals surface area contributed by atoms with Gasteiger partial charge in [0, 0.05) is 30.8 Å². The zero-order chi connectivity index (χ0) is 21.1. The average Bonchev–Trinajstić information content (AvgIpc) is 3.21. The molecule has 10 heteroatoms. The molecule has 2 heterocycles. The van der Waals surface area contributed by atoms with Gasteiger partial charge in [-0.25, -0.2) is 0 Å². The van der Waals surface area contributed by atoms with E-state index in [-0.39, 0.29) is 17.9 Å². The van der Waals surface area contributed by atoms with Crippen LogP contribution in [0.5, 0.6) is 11.5 Å². The van der Waals surface area contributed by atoms with E-state index in [2.05, 4.69) is 4.98 Å². The number of ether oxygens (including phenoxy) is 3. The van der Waals surface area contributed by atoms with E-state index in [9.17, 15) is 14.9 Å². The summed E-state index contributed by atoms with van der Waals surface area (Å²) in [6.07, 6.45) is -0.0603. The smallest absolute Gasteiger partial charge is 0.315 e. The number of carbonyl (C=O) groups is 1. The van der Waals surface area contributed by atoms with Gasteiger partial charge in [0.1, 0.15) is 11.5 Å². The quantitative estimate of drug-likeness (QED) is 0.260. The van der Waals surface area contributed by atoms with Gasteiger partial charge >= 0.3 is 5.97 Å². The standard InChI is InChI=1S/C20H19N3O7/c1-27-16-7-2-13(12-17(24)29-15-5-3-14(4-6-15)23(25)26)19-18(16)21-20(30-19)22-8-10-28-11-9-22/h2-7H,8-12H2,1H3. The first-order chi connectivity index (χ1) is 14.5. The third-order valence-electron chi connectivity index (χ3n) is 4.69. The van der Waals surface area contributed by atoms with Crippen molar-refractivity contribution in [3.05, 3.63) is 52.1 Å². The topological polar surface area (TPSA) is 117 Å². The van der Waals surface area contributed by atoms with E-state index in [0.29, 0.717) is 54.7 Å². The number of aromatic nitrogens is 1. The second-order valence-electron chi connectivity index (χ2n) is 6.60. The van der Waals surface area contributed by atoms with Crippen molar-refractivity contribution in [1.29, 1.82) is 0 Å². The molecular weight excluding hydrogens is 394 g/mol. The second kappa shape index (κ2) is 8.37. The summed E-state index contributed by atoms with van der Waals surface area (Å²) in [6, 6.07) is 9.21. The molecule has 0 unspecified atom stereocenters. The lowest BCUT2D eigenvalue weighted by atomic mass is 10.1. The van der Waals surface area contributed by atoms with Crippen LogP contribution in [-0.4, -0.2) is 49.3 Å². The Morgan fingerprint density at radius 1 is 1.20 bits per heavy atom. The first-order valence-electron chi connectivity index (χ1n) is 9.29. The number of nitro groups is 1. The predicted octanol–water partition coefficient (Wildman–Crippen LogP) is 2.73. The van der Waals surface area contributed by atoms with Gasteiger partial charge in [0.2, 0.25) is 0 Å². The van der Waals surface area contributed by atoms with Gasteiger partial charge in [-0.2, -0.15) is 4.98 Å². The van der Waals surface area contributed by atoms with Crippen molar-refractivity contribution >= 4 is 28.8 Å². The largest absolute Gasteiger partial charge is 0.494 e. The number of carbonyl (C=O) groups excluding carboxylic acids is 1. The lowest BCUT2D eigenvalue weighted by molar-refractivity contribution is -0.384. The van der Waals surface area contributed by atoms with E-state index >= 15 is 0 Å². The van der Waals surface area contributed by atoms with Gasteiger partial charge < -0.3 is 23.5 Å². The van der Waals surface area contributed by atoms with Crippen molar-refractivity contribution in [3.8, 4) is 11.5 Å². The highest BCUT2D eigenvalue weighted by atomic mass is 16.6. The highest BCUT2D eigenvalue weighted by Gasteiger charge is 2.22. The molecule has 0 atom stereocenters. The number of esters is 1. The van der Waals surface area contributed by atoms with Gasteiger partial charge in [-0.3, -0.25) is 14.9 Å². The summed E-state index contributed by atoms with van der Waals surface area (Å²) in [5.41, 5.74) is 1.50. The third-order valence-corrected chi connectivity index (χ3v) is 4.69. The number of benzene rings is 2. The maximum Gasteiger partial charge on any atom is 0.315 e. The highest BCUT2D eigenvalue weighted by Crippen LogP contribution is 2.32. The summed E-state index contributed by atoms with van der Waals surface area (Å²) in [5.74, 6) is 0.238. The maximum absolute atomic E-state index is 12.4. The maximum atomic E-state index is 12.4. The van der Waals surface area contributed by atoms with Crippen molar-refractivity contribution in [2.24, 2.45) is 0 Å². The summed E-state index contributed by atoms with van der Waals surface area (Å²) < 4.78 is 22.0. The number of rotatable bonds is 6. The molecule has 4 rings (SSSR count). The molecule has 0 radical (unpaired) electrons. The molecule has 0 spiro atoms. The molecule has 30 heavy (non-hydrogen) atoms. The number of fused-ring (bicyclic) bond motifs is 1. The molecular formula is C20H19N3O7. The van der Waals surface area contributed by atoms with Gasteiger partial charge in [0.15, 0.2) is 11.1 Å². The second-order valence-corrected chi connectivity index (χ2v) is 6.60. The highest BCUT2D eigenvalue weighted by molar-refractivity contribution is 5.88. The molecule has 1 aromatic heterocycles. The number of morpholine rings is 1. The Kier molecular flexibility index (Phi) is 5.48. The Morgan fingerprint density at radius 2 is 1.93 bits per heavy atom. The van der Waals surface area contributed by atoms with E-state index in [1.54, 1.807) is 19.2 Å². The minimum Gasteiger partial charge on any atom is -0.494 e. The van der Waals surface area contributed by atoms with Crippen LogP contribution in [-0.2, 0) is 16.0 Å². The molecule has 0 aliphatic carbocycles. The van der Waals surface area contributed by atoms with E-state index in [1.807, 2.05) is 4.90 Å². The minimum atomic E-state index is -0.528. The molecule has 156 valence electrons. The van der Waals surface area contributed by atoms with E-state index in [1.165, 1.54) is 24.3 Å². The molecule has 1 aliphatic heterocycles. The van der Waals surface area contributed by atoms with Crippen LogP contribution in [0.1, 0.15) is 5.56 Å². The molecule has 3 aromatic rings. The fraction of sp³-hybridized carbons (Fsp3) is 0.300. The van der Waals surface area contributed by atoms with Gasteiger partial charge in [0.05, 0.1) is 31.7 Å². The Labute approximate surface area is 171 Å². The zero-order valence-electron chi connectivity index (χ0n) is 16.2. The molecule has 1 saturated heterocycles. The molecule has 0 amide bonds. The number of anilines is 1. The van der Waals surface area contributed by atoms with Gasteiger partial charge in [0.25, 0.3) is 11.7 Å². The summed E-state index contributed by atoms with van der Waals surface area (Å²) in [4.78, 5) is 29.2. The SMILES string of the molecule is COc1ccc(CC(=O)Oc2ccc([N+](=O)[O-])cc2)c2oc(N3CCOCC3)nc12. The lowest BCUT2D eigenvalue weighted by Crippen LogP contribution is -2.36. The van der Waals surface area contributed by atoms with Gasteiger partial charge in [-0.15, -0.1) is 0 Å². The van der Waals surface area contributed by atoms with Crippen molar-refractivity contribution in [1.82, 2.24) is 4.98 Å². The number of methoxy groups -OCH3 is 1. The number of hydrogen-bond acceptors (Lipinski definition) is 9. The van der Waals surface area contributed by atoms with Crippen LogP contribution in [0.3, 0.4) is 0 Å². The first kappa shape index (κ1) is 19.6. The summed E-state index contributed by atoms with van der Waals surface area (Å²) in [6.45, 7) is 2.49. The molecule has 2 aromatic carbocycles. The number of non-ortho nitro benzene ring substituents is 1. The molecule has 0 bridgehead atoms. The Hall–Kier alpha value is -3.66. The molecule has 1 aliphatic rings. The van der Waals surface area contributed by atoms with Crippen LogP contribution in [0.2, 0.25) is 0 Å². The number of nitrogens with zero attached hydrogens (tertiary/aromatic N) is 3. The normalized spacial score (nSPS) is 14.0. The van der Waals surface area contributed by atoms with E-state index < -0.39 is 10.9 Å². The van der Waals surface area contributed by atoms with Crippen LogP contribution in [0.4, 0.5) is 11.7 Å². The Morgan fingerprint density at radius 3 is 2.60 bits per heavy atom. The predicted molar refractivity (Wildman–Crippen MR) is 106 cm³/mol. The van der Waals surface area contributed by atoms with Crippen LogP contribution >= 0.6 is 0 Å². The number of oxazole rings is 1. The van der Waals surface area contributed by atoms with Crippen LogP contribution < -0.4 is 14.4 Å².